The van der Waals surface area contributed by atoms with Crippen molar-refractivity contribution in [2.24, 2.45) is 5.73 Å². The molecular formula is C13H20F2N2O. The molecular weight excluding hydrogens is 238 g/mol. The number of benzene rings is 1. The zero-order valence-corrected chi connectivity index (χ0v) is 10.9. The van der Waals surface area contributed by atoms with Crippen LogP contribution in [0.5, 0.6) is 5.75 Å². The highest BCUT2D eigenvalue weighted by molar-refractivity contribution is 5.36. The van der Waals surface area contributed by atoms with Gasteiger partial charge in [-0.05, 0) is 20.0 Å². The number of rotatable bonds is 6. The maximum Gasteiger partial charge on any atom is 0.251 e. The fourth-order valence-corrected chi connectivity index (χ4v) is 2.16. The van der Waals surface area contributed by atoms with Crippen molar-refractivity contribution in [3.05, 3.63) is 29.8 Å². The summed E-state index contributed by atoms with van der Waals surface area (Å²) < 4.78 is 30.2. The Hall–Kier alpha value is -1.20. The number of hydrogen-bond acceptors (Lipinski definition) is 3. The first-order valence-corrected chi connectivity index (χ1v) is 5.84. The first-order chi connectivity index (χ1) is 8.47. The Morgan fingerprint density at radius 3 is 2.44 bits per heavy atom. The summed E-state index contributed by atoms with van der Waals surface area (Å²) in [4.78, 5) is 1.56. The minimum atomic E-state index is -2.38. The lowest BCUT2D eigenvalue weighted by molar-refractivity contribution is 0.0747. The molecule has 2 unspecified atom stereocenters. The van der Waals surface area contributed by atoms with E-state index in [1.165, 1.54) is 0 Å². The summed E-state index contributed by atoms with van der Waals surface area (Å²) in [5.41, 5.74) is 6.76. The Kier molecular flexibility index (Phi) is 5.50. The zero-order valence-electron chi connectivity index (χ0n) is 10.9. The van der Waals surface area contributed by atoms with Crippen LogP contribution in [0, 0.1) is 0 Å². The largest absolute Gasteiger partial charge is 0.496 e. The lowest BCUT2D eigenvalue weighted by Crippen LogP contribution is -2.39. The number of para-hydroxylation sites is 1. The molecule has 0 aliphatic carbocycles. The standard InChI is InChI=1S/C13H20F2N2O/c1-9(16)13(17(2)8-12(14)15)10-6-4-5-7-11(10)18-3/h4-7,9,12-13H,8,16H2,1-3H3. The first kappa shape index (κ1) is 14.9. The molecule has 2 N–H and O–H groups in total. The van der Waals surface area contributed by atoms with E-state index in [1.54, 1.807) is 32.0 Å². The van der Waals surface area contributed by atoms with Gasteiger partial charge in [-0.2, -0.15) is 0 Å². The summed E-state index contributed by atoms with van der Waals surface area (Å²) in [6.45, 7) is 1.49. The van der Waals surface area contributed by atoms with E-state index in [9.17, 15) is 8.78 Å². The van der Waals surface area contributed by atoms with E-state index in [1.807, 2.05) is 18.2 Å². The second kappa shape index (κ2) is 6.66. The van der Waals surface area contributed by atoms with Crippen LogP contribution < -0.4 is 10.5 Å². The predicted octanol–water partition coefficient (Wildman–Crippen LogP) is 2.28. The number of nitrogens with zero attached hydrogens (tertiary/aromatic N) is 1. The minimum Gasteiger partial charge on any atom is -0.496 e. The minimum absolute atomic E-state index is 0.273. The summed E-state index contributed by atoms with van der Waals surface area (Å²) in [6, 6.07) is 6.78. The van der Waals surface area contributed by atoms with Gasteiger partial charge in [0, 0.05) is 11.6 Å². The second-order valence-corrected chi connectivity index (χ2v) is 4.38. The van der Waals surface area contributed by atoms with E-state index in [4.69, 9.17) is 10.5 Å². The molecule has 0 saturated heterocycles. The molecule has 0 saturated carbocycles. The van der Waals surface area contributed by atoms with Gasteiger partial charge in [-0.15, -0.1) is 0 Å². The highest BCUT2D eigenvalue weighted by Crippen LogP contribution is 2.30. The van der Waals surface area contributed by atoms with E-state index in [-0.39, 0.29) is 18.6 Å². The summed E-state index contributed by atoms with van der Waals surface area (Å²) in [5.74, 6) is 0.668. The number of alkyl halides is 2. The maximum absolute atomic E-state index is 12.5. The molecule has 0 heterocycles. The summed E-state index contributed by atoms with van der Waals surface area (Å²) in [7, 11) is 3.21. The summed E-state index contributed by atoms with van der Waals surface area (Å²) in [5, 5.41) is 0. The van der Waals surface area contributed by atoms with Crippen molar-refractivity contribution in [3.8, 4) is 5.75 Å². The smallest absolute Gasteiger partial charge is 0.251 e. The monoisotopic (exact) mass is 258 g/mol. The van der Waals surface area contributed by atoms with Crippen LogP contribution in [0.15, 0.2) is 24.3 Å². The average Bonchev–Trinajstić information content (AvgIpc) is 2.28. The Labute approximate surface area is 107 Å². The average molecular weight is 258 g/mol. The van der Waals surface area contributed by atoms with Gasteiger partial charge in [0.25, 0.3) is 6.43 Å². The van der Waals surface area contributed by atoms with Crippen LogP contribution in [0.2, 0.25) is 0 Å². The lowest BCUT2D eigenvalue weighted by atomic mass is 9.98. The number of hydrogen-bond donors (Lipinski definition) is 1. The van der Waals surface area contributed by atoms with Crippen LogP contribution in [-0.4, -0.2) is 38.1 Å². The van der Waals surface area contributed by atoms with Crippen molar-refractivity contribution in [2.75, 3.05) is 20.7 Å². The summed E-state index contributed by atoms with van der Waals surface area (Å²) in [6.07, 6.45) is -2.38. The third-order valence-electron chi connectivity index (χ3n) is 2.86. The fourth-order valence-electron chi connectivity index (χ4n) is 2.16. The topological polar surface area (TPSA) is 38.5 Å². The number of methoxy groups -OCH3 is 1. The zero-order chi connectivity index (χ0) is 13.7. The van der Waals surface area contributed by atoms with Gasteiger partial charge >= 0.3 is 0 Å². The Bertz CT molecular complexity index is 372. The lowest BCUT2D eigenvalue weighted by Gasteiger charge is -2.32. The van der Waals surface area contributed by atoms with Crippen molar-refractivity contribution < 1.29 is 13.5 Å². The van der Waals surface area contributed by atoms with Gasteiger partial charge in [-0.1, -0.05) is 18.2 Å². The van der Waals surface area contributed by atoms with E-state index >= 15 is 0 Å². The molecule has 0 radical (unpaired) electrons. The molecule has 1 aromatic rings. The Morgan fingerprint density at radius 2 is 1.94 bits per heavy atom. The number of likely N-dealkylation sites (N-methyl/N-ethyl adjacent to an activating group) is 1. The number of ether oxygens (including phenoxy) is 1. The van der Waals surface area contributed by atoms with Crippen molar-refractivity contribution in [1.29, 1.82) is 0 Å². The fraction of sp³-hybridized carbons (Fsp3) is 0.538. The van der Waals surface area contributed by atoms with Crippen molar-refractivity contribution in [3.63, 3.8) is 0 Å². The molecule has 0 fully saturated rings. The highest BCUT2D eigenvalue weighted by Gasteiger charge is 2.25. The SMILES string of the molecule is COc1ccccc1C(C(C)N)N(C)CC(F)F. The Balaban J connectivity index is 3.04. The molecule has 1 aromatic carbocycles. The molecule has 3 nitrogen and oxygen atoms in total. The van der Waals surface area contributed by atoms with Gasteiger partial charge in [0.2, 0.25) is 0 Å². The molecule has 0 spiro atoms. The van der Waals surface area contributed by atoms with Gasteiger partial charge in [0.05, 0.1) is 19.7 Å². The molecule has 18 heavy (non-hydrogen) atoms. The second-order valence-electron chi connectivity index (χ2n) is 4.38. The number of halogens is 2. The third-order valence-corrected chi connectivity index (χ3v) is 2.86. The predicted molar refractivity (Wildman–Crippen MR) is 68.0 cm³/mol. The molecule has 2 atom stereocenters. The van der Waals surface area contributed by atoms with Crippen molar-refractivity contribution in [1.82, 2.24) is 4.90 Å². The van der Waals surface area contributed by atoms with E-state index in [0.717, 1.165) is 5.56 Å². The third kappa shape index (κ3) is 3.65. The van der Waals surface area contributed by atoms with Crippen LogP contribution in [-0.2, 0) is 0 Å². The van der Waals surface area contributed by atoms with Crippen LogP contribution >= 0.6 is 0 Å². The summed E-state index contributed by atoms with van der Waals surface area (Å²) >= 11 is 0. The van der Waals surface area contributed by atoms with Gasteiger partial charge in [-0.25, -0.2) is 8.78 Å². The van der Waals surface area contributed by atoms with Crippen LogP contribution in [0.4, 0.5) is 8.78 Å². The number of nitrogens with two attached hydrogens (primary N) is 1. The quantitative estimate of drug-likeness (QED) is 0.850. The molecule has 0 aliphatic rings. The van der Waals surface area contributed by atoms with Gasteiger partial charge in [-0.3, -0.25) is 4.90 Å². The van der Waals surface area contributed by atoms with Crippen LogP contribution in [0.3, 0.4) is 0 Å². The molecule has 1 rings (SSSR count). The molecule has 0 amide bonds. The molecule has 0 aliphatic heterocycles. The molecule has 5 heteroatoms. The van der Waals surface area contributed by atoms with E-state index in [2.05, 4.69) is 0 Å². The van der Waals surface area contributed by atoms with Gasteiger partial charge in [0.1, 0.15) is 5.75 Å². The van der Waals surface area contributed by atoms with E-state index in [0.29, 0.717) is 5.75 Å². The molecule has 102 valence electrons. The van der Waals surface area contributed by atoms with Crippen LogP contribution in [0.1, 0.15) is 18.5 Å². The molecule has 0 aromatic heterocycles. The maximum atomic E-state index is 12.5. The van der Waals surface area contributed by atoms with Gasteiger partial charge in [0.15, 0.2) is 0 Å². The molecule has 0 bridgehead atoms. The van der Waals surface area contributed by atoms with Gasteiger partial charge < -0.3 is 10.5 Å². The van der Waals surface area contributed by atoms with Crippen LogP contribution in [0.25, 0.3) is 0 Å². The van der Waals surface area contributed by atoms with Crippen molar-refractivity contribution >= 4 is 0 Å². The highest BCUT2D eigenvalue weighted by atomic mass is 19.3. The Morgan fingerprint density at radius 1 is 1.33 bits per heavy atom. The van der Waals surface area contributed by atoms with E-state index < -0.39 is 6.43 Å². The normalized spacial score (nSPS) is 14.9. The van der Waals surface area contributed by atoms with Crippen molar-refractivity contribution in [2.45, 2.75) is 25.4 Å². The first-order valence-electron chi connectivity index (χ1n) is 5.84.